The van der Waals surface area contributed by atoms with Gasteiger partial charge in [0.15, 0.2) is 0 Å². The molecule has 0 radical (unpaired) electrons. The molecule has 0 aliphatic heterocycles. The fraction of sp³-hybridized carbons (Fsp3) is 0.833. The van der Waals surface area contributed by atoms with Gasteiger partial charge in [0, 0.05) is 19.4 Å². The number of hydrogen-bond acceptors (Lipinski definition) is 5. The molecule has 26 heavy (non-hydrogen) atoms. The Balaban J connectivity index is -0.00000264. The van der Waals surface area contributed by atoms with Gasteiger partial charge in [-0.15, -0.1) is 0 Å². The SMILES string of the molecule is CCCCCCCCCCCC(=O)N(C)[C@@H](CCC(=O)[O-])C(=O)[O-].[Na+].[Na+]. The molecule has 0 N–H and O–H groups in total. The van der Waals surface area contributed by atoms with Crippen molar-refractivity contribution in [3.05, 3.63) is 0 Å². The molecular weight excluding hydrogens is 356 g/mol. The summed E-state index contributed by atoms with van der Waals surface area (Å²) in [7, 11) is 1.38. The maximum Gasteiger partial charge on any atom is 1.00 e. The molecule has 0 saturated heterocycles. The van der Waals surface area contributed by atoms with Crippen molar-refractivity contribution in [2.24, 2.45) is 0 Å². The van der Waals surface area contributed by atoms with Gasteiger partial charge < -0.3 is 24.7 Å². The Kier molecular flexibility index (Phi) is 24.1. The maximum atomic E-state index is 12.0. The summed E-state index contributed by atoms with van der Waals surface area (Å²) in [4.78, 5) is 34.6. The van der Waals surface area contributed by atoms with Gasteiger partial charge in [0.25, 0.3) is 0 Å². The monoisotopic (exact) mass is 387 g/mol. The standard InChI is InChI=1S/C18H33NO5.2Na/c1-3-4-5-6-7-8-9-10-11-12-16(20)19(2)15(18(23)24)13-14-17(21)22;;/h15H,3-14H2,1-2H3,(H,21,22)(H,23,24);;/q;2*+1/p-2/t15-;;/m0../s1. The van der Waals surface area contributed by atoms with Gasteiger partial charge in [-0.25, -0.2) is 0 Å². The van der Waals surface area contributed by atoms with Crippen molar-refractivity contribution in [3.63, 3.8) is 0 Å². The molecule has 140 valence electrons. The number of unbranched alkanes of at least 4 members (excludes halogenated alkanes) is 8. The van der Waals surface area contributed by atoms with E-state index in [-0.39, 0.29) is 77.9 Å². The van der Waals surface area contributed by atoms with Gasteiger partial charge in [-0.05, 0) is 19.3 Å². The third-order valence-corrected chi connectivity index (χ3v) is 4.25. The van der Waals surface area contributed by atoms with Crippen molar-refractivity contribution >= 4 is 17.8 Å². The van der Waals surface area contributed by atoms with E-state index in [0.717, 1.165) is 24.2 Å². The van der Waals surface area contributed by atoms with Gasteiger partial charge in [0.2, 0.25) is 5.91 Å². The smallest absolute Gasteiger partial charge is 0.550 e. The molecule has 0 aromatic carbocycles. The van der Waals surface area contributed by atoms with Crippen LogP contribution in [0.3, 0.4) is 0 Å². The second kappa shape index (κ2) is 20.2. The zero-order chi connectivity index (χ0) is 18.4. The minimum absolute atomic E-state index is 0. The fourth-order valence-electron chi connectivity index (χ4n) is 2.66. The van der Waals surface area contributed by atoms with Crippen LogP contribution in [0.25, 0.3) is 0 Å². The number of hydrogen-bond donors (Lipinski definition) is 0. The van der Waals surface area contributed by atoms with Crippen molar-refractivity contribution in [3.8, 4) is 0 Å². The van der Waals surface area contributed by atoms with Crippen molar-refractivity contribution in [1.82, 2.24) is 4.90 Å². The number of amides is 1. The molecule has 0 aromatic heterocycles. The first-order valence-electron chi connectivity index (χ1n) is 9.06. The first-order valence-corrected chi connectivity index (χ1v) is 9.06. The molecule has 1 atom stereocenters. The average molecular weight is 387 g/mol. The van der Waals surface area contributed by atoms with Crippen molar-refractivity contribution in [2.45, 2.75) is 90.0 Å². The molecule has 0 aliphatic rings. The van der Waals surface area contributed by atoms with Crippen LogP contribution in [0.15, 0.2) is 0 Å². The van der Waals surface area contributed by atoms with Crippen LogP contribution in [0.4, 0.5) is 0 Å². The van der Waals surface area contributed by atoms with E-state index in [2.05, 4.69) is 6.92 Å². The number of carbonyl (C=O) groups excluding carboxylic acids is 3. The Bertz CT molecular complexity index is 394. The molecule has 0 bridgehead atoms. The Hall–Kier alpha value is 0.410. The number of rotatable bonds is 15. The number of nitrogens with zero attached hydrogens (tertiary/aromatic N) is 1. The Labute approximate surface area is 202 Å². The first kappa shape index (κ1) is 31.1. The van der Waals surface area contributed by atoms with Crippen LogP contribution in [0.5, 0.6) is 0 Å². The van der Waals surface area contributed by atoms with E-state index in [9.17, 15) is 24.6 Å². The summed E-state index contributed by atoms with van der Waals surface area (Å²) in [6.45, 7) is 2.19. The molecule has 0 rings (SSSR count). The molecule has 0 fully saturated rings. The van der Waals surface area contributed by atoms with Crippen LogP contribution in [0.2, 0.25) is 0 Å². The zero-order valence-electron chi connectivity index (χ0n) is 17.1. The van der Waals surface area contributed by atoms with E-state index in [1.54, 1.807) is 0 Å². The van der Waals surface area contributed by atoms with E-state index in [4.69, 9.17) is 0 Å². The van der Waals surface area contributed by atoms with Crippen LogP contribution >= 0.6 is 0 Å². The second-order valence-corrected chi connectivity index (χ2v) is 6.33. The predicted octanol–water partition coefficient (Wildman–Crippen LogP) is -4.98. The van der Waals surface area contributed by atoms with Crippen LogP contribution in [-0.4, -0.2) is 35.8 Å². The van der Waals surface area contributed by atoms with Gasteiger partial charge in [0.1, 0.15) is 0 Å². The Morgan fingerprint density at radius 2 is 1.27 bits per heavy atom. The minimum atomic E-state index is -1.43. The fourth-order valence-corrected chi connectivity index (χ4v) is 2.66. The predicted molar refractivity (Wildman–Crippen MR) is 87.7 cm³/mol. The summed E-state index contributed by atoms with van der Waals surface area (Å²) in [5.74, 6) is -3.05. The quantitative estimate of drug-likeness (QED) is 0.207. The third-order valence-electron chi connectivity index (χ3n) is 4.25. The number of likely N-dealkylation sites (N-methyl/N-ethyl adjacent to an activating group) is 1. The largest absolute Gasteiger partial charge is 1.00 e. The van der Waals surface area contributed by atoms with Crippen molar-refractivity contribution in [2.75, 3.05) is 7.05 Å². The van der Waals surface area contributed by atoms with Crippen LogP contribution < -0.4 is 69.3 Å². The summed E-state index contributed by atoms with van der Waals surface area (Å²) >= 11 is 0. The molecule has 0 heterocycles. The molecule has 6 nitrogen and oxygen atoms in total. The summed E-state index contributed by atoms with van der Waals surface area (Å²) < 4.78 is 0. The number of carboxylic acids is 2. The Morgan fingerprint density at radius 1 is 0.808 bits per heavy atom. The molecule has 0 unspecified atom stereocenters. The van der Waals surface area contributed by atoms with E-state index in [1.165, 1.54) is 45.6 Å². The van der Waals surface area contributed by atoms with Gasteiger partial charge in [-0.1, -0.05) is 58.3 Å². The normalized spacial score (nSPS) is 11.0. The second-order valence-electron chi connectivity index (χ2n) is 6.33. The van der Waals surface area contributed by atoms with Crippen molar-refractivity contribution in [1.29, 1.82) is 0 Å². The number of carbonyl (C=O) groups is 3. The molecule has 1 amide bonds. The van der Waals surface area contributed by atoms with Gasteiger partial charge >= 0.3 is 59.1 Å². The summed E-state index contributed by atoms with van der Waals surface area (Å²) in [5, 5.41) is 21.5. The van der Waals surface area contributed by atoms with Crippen LogP contribution in [-0.2, 0) is 14.4 Å². The summed E-state index contributed by atoms with van der Waals surface area (Å²) in [6, 6.07) is -1.21. The molecule has 0 aliphatic carbocycles. The van der Waals surface area contributed by atoms with E-state index < -0.39 is 24.4 Å². The molecule has 0 saturated carbocycles. The topological polar surface area (TPSA) is 101 Å². The van der Waals surface area contributed by atoms with Gasteiger partial charge in [-0.3, -0.25) is 4.79 Å². The van der Waals surface area contributed by atoms with E-state index in [1.807, 2.05) is 0 Å². The molecular formula is C18H31NNa2O5. The third kappa shape index (κ3) is 16.6. The van der Waals surface area contributed by atoms with Gasteiger partial charge in [-0.2, -0.15) is 0 Å². The number of aliphatic carboxylic acids is 2. The van der Waals surface area contributed by atoms with Gasteiger partial charge in [0.05, 0.1) is 12.0 Å². The number of carboxylic acid groups (broad SMARTS) is 2. The molecule has 8 heteroatoms. The minimum Gasteiger partial charge on any atom is -0.550 e. The molecule has 0 spiro atoms. The van der Waals surface area contributed by atoms with Crippen LogP contribution in [0.1, 0.15) is 84.0 Å². The van der Waals surface area contributed by atoms with E-state index in [0.29, 0.717) is 0 Å². The Morgan fingerprint density at radius 3 is 1.69 bits per heavy atom. The molecule has 0 aromatic rings. The van der Waals surface area contributed by atoms with Crippen LogP contribution in [0, 0.1) is 0 Å². The summed E-state index contributed by atoms with van der Waals surface area (Å²) in [5.41, 5.74) is 0. The average Bonchev–Trinajstić information content (AvgIpc) is 2.52. The first-order chi connectivity index (χ1) is 11.4. The summed E-state index contributed by atoms with van der Waals surface area (Å²) in [6.07, 6.45) is 9.91. The maximum absolute atomic E-state index is 12.0. The zero-order valence-corrected chi connectivity index (χ0v) is 21.1. The van der Waals surface area contributed by atoms with E-state index >= 15 is 0 Å². The van der Waals surface area contributed by atoms with Crippen molar-refractivity contribution < 1.29 is 83.7 Å².